The zero-order chi connectivity index (χ0) is 14.7. The van der Waals surface area contributed by atoms with Crippen molar-refractivity contribution >= 4 is 0 Å². The Labute approximate surface area is 126 Å². The average Bonchev–Trinajstić information content (AvgIpc) is 3.06. The van der Waals surface area contributed by atoms with E-state index in [1.807, 2.05) is 12.5 Å². The Bertz CT molecular complexity index is 580. The fourth-order valence-electron chi connectivity index (χ4n) is 3.24. The number of imidazole rings is 1. The summed E-state index contributed by atoms with van der Waals surface area (Å²) in [6.07, 6.45) is 9.20. The number of rotatable bonds is 5. The van der Waals surface area contributed by atoms with E-state index in [-0.39, 0.29) is 0 Å². The number of hydrogen-bond acceptors (Lipinski definition) is 3. The van der Waals surface area contributed by atoms with E-state index in [0.717, 1.165) is 31.6 Å². The van der Waals surface area contributed by atoms with Gasteiger partial charge in [0.15, 0.2) is 0 Å². The standard InChI is InChI=1S/C17H23N3O/c1-3-8-19-17-15-6-5-14(21-2)11-13(15)4-7-16(17)20-10-9-18-12-20/h5-6,9-12,16-17,19H,3-4,7-8H2,1-2H3. The smallest absolute Gasteiger partial charge is 0.119 e. The molecule has 2 unspecified atom stereocenters. The molecule has 0 aliphatic heterocycles. The molecule has 1 N–H and O–H groups in total. The third-order valence-corrected chi connectivity index (χ3v) is 4.30. The molecule has 3 rings (SSSR count). The highest BCUT2D eigenvalue weighted by molar-refractivity contribution is 5.40. The molecule has 0 saturated heterocycles. The molecule has 1 heterocycles. The van der Waals surface area contributed by atoms with E-state index in [4.69, 9.17) is 4.74 Å². The number of fused-ring (bicyclic) bond motifs is 1. The molecule has 4 heteroatoms. The van der Waals surface area contributed by atoms with Crippen molar-refractivity contribution in [3.05, 3.63) is 48.0 Å². The lowest BCUT2D eigenvalue weighted by molar-refractivity contribution is 0.316. The fraction of sp³-hybridized carbons (Fsp3) is 0.471. The number of nitrogens with one attached hydrogen (secondary N) is 1. The minimum Gasteiger partial charge on any atom is -0.497 e. The number of hydrogen-bond donors (Lipinski definition) is 1. The summed E-state index contributed by atoms with van der Waals surface area (Å²) in [6.45, 7) is 3.23. The fourth-order valence-corrected chi connectivity index (χ4v) is 3.24. The van der Waals surface area contributed by atoms with Gasteiger partial charge < -0.3 is 14.6 Å². The van der Waals surface area contributed by atoms with Crippen molar-refractivity contribution in [2.45, 2.75) is 38.3 Å². The second-order valence-corrected chi connectivity index (χ2v) is 5.61. The highest BCUT2D eigenvalue weighted by Gasteiger charge is 2.30. The Kier molecular flexibility index (Phi) is 4.25. The minimum absolute atomic E-state index is 0.341. The number of benzene rings is 1. The molecule has 1 aliphatic rings. The van der Waals surface area contributed by atoms with Crippen molar-refractivity contribution in [1.29, 1.82) is 0 Å². The molecule has 1 aromatic carbocycles. The minimum atomic E-state index is 0.341. The van der Waals surface area contributed by atoms with Crippen molar-refractivity contribution in [3.63, 3.8) is 0 Å². The topological polar surface area (TPSA) is 39.1 Å². The first-order chi connectivity index (χ1) is 10.3. The van der Waals surface area contributed by atoms with E-state index >= 15 is 0 Å². The summed E-state index contributed by atoms with van der Waals surface area (Å²) in [5, 5.41) is 3.71. The Morgan fingerprint density at radius 1 is 1.43 bits per heavy atom. The van der Waals surface area contributed by atoms with E-state index in [2.05, 4.69) is 46.2 Å². The van der Waals surface area contributed by atoms with Gasteiger partial charge in [0.2, 0.25) is 0 Å². The second kappa shape index (κ2) is 6.31. The molecule has 1 aromatic heterocycles. The van der Waals surface area contributed by atoms with Crippen molar-refractivity contribution in [2.75, 3.05) is 13.7 Å². The maximum Gasteiger partial charge on any atom is 0.119 e. The van der Waals surface area contributed by atoms with Gasteiger partial charge in [0.05, 0.1) is 25.5 Å². The van der Waals surface area contributed by atoms with Crippen LogP contribution in [0.4, 0.5) is 0 Å². The van der Waals surface area contributed by atoms with E-state index in [1.165, 1.54) is 11.1 Å². The van der Waals surface area contributed by atoms with Gasteiger partial charge in [0.25, 0.3) is 0 Å². The van der Waals surface area contributed by atoms with Crippen molar-refractivity contribution in [2.24, 2.45) is 0 Å². The lowest BCUT2D eigenvalue weighted by atomic mass is 9.83. The normalized spacial score (nSPS) is 21.0. The molecule has 112 valence electrons. The summed E-state index contributed by atoms with van der Waals surface area (Å²) in [7, 11) is 1.73. The first-order valence-electron chi connectivity index (χ1n) is 7.71. The highest BCUT2D eigenvalue weighted by Crippen LogP contribution is 2.38. The monoisotopic (exact) mass is 285 g/mol. The number of nitrogens with zero attached hydrogens (tertiary/aromatic N) is 2. The third kappa shape index (κ3) is 2.81. The van der Waals surface area contributed by atoms with Gasteiger partial charge in [-0.1, -0.05) is 13.0 Å². The Morgan fingerprint density at radius 3 is 3.05 bits per heavy atom. The van der Waals surface area contributed by atoms with Gasteiger partial charge in [-0.05, 0) is 49.1 Å². The van der Waals surface area contributed by atoms with E-state index < -0.39 is 0 Å². The van der Waals surface area contributed by atoms with Gasteiger partial charge in [-0.3, -0.25) is 0 Å². The maximum atomic E-state index is 5.36. The lowest BCUT2D eigenvalue weighted by Gasteiger charge is -2.35. The van der Waals surface area contributed by atoms with Crippen LogP contribution in [0.5, 0.6) is 5.75 Å². The van der Waals surface area contributed by atoms with Crippen LogP contribution in [-0.4, -0.2) is 23.2 Å². The van der Waals surface area contributed by atoms with Crippen LogP contribution >= 0.6 is 0 Å². The molecule has 21 heavy (non-hydrogen) atoms. The molecule has 0 bridgehead atoms. The largest absolute Gasteiger partial charge is 0.497 e. The Morgan fingerprint density at radius 2 is 2.33 bits per heavy atom. The molecule has 0 fully saturated rings. The summed E-state index contributed by atoms with van der Waals surface area (Å²) >= 11 is 0. The van der Waals surface area contributed by atoms with Crippen LogP contribution in [0.1, 0.15) is 43.0 Å². The number of methoxy groups -OCH3 is 1. The molecule has 4 nitrogen and oxygen atoms in total. The molecule has 2 atom stereocenters. The molecule has 0 saturated carbocycles. The van der Waals surface area contributed by atoms with Gasteiger partial charge in [-0.25, -0.2) is 4.98 Å². The van der Waals surface area contributed by atoms with E-state index in [9.17, 15) is 0 Å². The number of ether oxygens (including phenoxy) is 1. The zero-order valence-electron chi connectivity index (χ0n) is 12.7. The predicted octanol–water partition coefficient (Wildman–Crippen LogP) is 3.12. The molecule has 1 aliphatic carbocycles. The third-order valence-electron chi connectivity index (χ3n) is 4.30. The molecule has 2 aromatic rings. The van der Waals surface area contributed by atoms with Crippen LogP contribution in [0.2, 0.25) is 0 Å². The van der Waals surface area contributed by atoms with Crippen molar-refractivity contribution in [3.8, 4) is 5.75 Å². The van der Waals surface area contributed by atoms with Gasteiger partial charge in [0, 0.05) is 12.4 Å². The quantitative estimate of drug-likeness (QED) is 0.917. The van der Waals surface area contributed by atoms with Crippen LogP contribution in [-0.2, 0) is 6.42 Å². The van der Waals surface area contributed by atoms with Gasteiger partial charge in [-0.2, -0.15) is 0 Å². The summed E-state index contributed by atoms with van der Waals surface area (Å²) in [4.78, 5) is 4.21. The summed E-state index contributed by atoms with van der Waals surface area (Å²) < 4.78 is 7.60. The molecular formula is C17H23N3O. The number of aryl methyl sites for hydroxylation is 1. The van der Waals surface area contributed by atoms with E-state index in [0.29, 0.717) is 12.1 Å². The predicted molar refractivity (Wildman–Crippen MR) is 83.6 cm³/mol. The second-order valence-electron chi connectivity index (χ2n) is 5.61. The molecule has 0 amide bonds. The van der Waals surface area contributed by atoms with Crippen LogP contribution < -0.4 is 10.1 Å². The van der Waals surface area contributed by atoms with Crippen molar-refractivity contribution < 1.29 is 4.74 Å². The summed E-state index contributed by atoms with van der Waals surface area (Å²) in [6, 6.07) is 7.23. The number of aromatic nitrogens is 2. The van der Waals surface area contributed by atoms with Crippen LogP contribution in [0.3, 0.4) is 0 Å². The lowest BCUT2D eigenvalue weighted by Crippen LogP contribution is -2.34. The average molecular weight is 285 g/mol. The van der Waals surface area contributed by atoms with Crippen molar-refractivity contribution in [1.82, 2.24) is 14.9 Å². The Hall–Kier alpha value is -1.81. The molecular weight excluding hydrogens is 262 g/mol. The first kappa shape index (κ1) is 14.1. The maximum absolute atomic E-state index is 5.36. The summed E-state index contributed by atoms with van der Waals surface area (Å²) in [5.74, 6) is 0.948. The van der Waals surface area contributed by atoms with Gasteiger partial charge in [0.1, 0.15) is 5.75 Å². The van der Waals surface area contributed by atoms with Gasteiger partial charge in [-0.15, -0.1) is 0 Å². The van der Waals surface area contributed by atoms with Crippen LogP contribution in [0.25, 0.3) is 0 Å². The first-order valence-corrected chi connectivity index (χ1v) is 7.71. The summed E-state index contributed by atoms with van der Waals surface area (Å²) in [5.41, 5.74) is 2.80. The van der Waals surface area contributed by atoms with Crippen LogP contribution in [0, 0.1) is 0 Å². The zero-order valence-corrected chi connectivity index (χ0v) is 12.7. The van der Waals surface area contributed by atoms with Crippen LogP contribution in [0.15, 0.2) is 36.9 Å². The Balaban J connectivity index is 1.94. The molecule has 0 spiro atoms. The molecule has 0 radical (unpaired) electrons. The van der Waals surface area contributed by atoms with Gasteiger partial charge >= 0.3 is 0 Å². The van der Waals surface area contributed by atoms with E-state index in [1.54, 1.807) is 7.11 Å². The highest BCUT2D eigenvalue weighted by atomic mass is 16.5. The SMILES string of the molecule is CCCNC1c2ccc(OC)cc2CCC1n1ccnc1.